The predicted molar refractivity (Wildman–Crippen MR) is 56.0 cm³/mol. The van der Waals surface area contributed by atoms with Gasteiger partial charge in [-0.2, -0.15) is 0 Å². The highest BCUT2D eigenvalue weighted by Crippen LogP contribution is 2.06. The third-order valence-corrected chi connectivity index (χ3v) is 1.99. The molecule has 0 amide bonds. The van der Waals surface area contributed by atoms with E-state index < -0.39 is 0 Å². The first kappa shape index (κ1) is 10.8. The third kappa shape index (κ3) is 3.60. The van der Waals surface area contributed by atoms with Crippen LogP contribution in [0.5, 0.6) is 0 Å². The molecule has 0 unspecified atom stereocenters. The molecule has 0 N–H and O–H groups in total. The van der Waals surface area contributed by atoms with Gasteiger partial charge in [0.2, 0.25) is 0 Å². The van der Waals surface area contributed by atoms with Gasteiger partial charge in [0.15, 0.2) is 0 Å². The number of carbonyl (C=O) groups is 1. The molecule has 0 bridgehead atoms. The average molecular weight is 192 g/mol. The second-order valence-electron chi connectivity index (χ2n) is 3.34. The molecular formula is C12H16O2. The second-order valence-corrected chi connectivity index (χ2v) is 3.34. The van der Waals surface area contributed by atoms with Crippen LogP contribution >= 0.6 is 0 Å². The third-order valence-electron chi connectivity index (χ3n) is 1.99. The topological polar surface area (TPSA) is 26.3 Å². The van der Waals surface area contributed by atoms with E-state index in [0.29, 0.717) is 6.42 Å². The van der Waals surface area contributed by atoms with Crippen LogP contribution in [0.3, 0.4) is 0 Å². The summed E-state index contributed by atoms with van der Waals surface area (Å²) in [5, 5.41) is 0. The van der Waals surface area contributed by atoms with Gasteiger partial charge in [-0.3, -0.25) is 4.79 Å². The monoisotopic (exact) mass is 192 g/mol. The summed E-state index contributed by atoms with van der Waals surface area (Å²) in [6.07, 6.45) is 1.19. The van der Waals surface area contributed by atoms with Gasteiger partial charge in [-0.15, -0.1) is 0 Å². The van der Waals surface area contributed by atoms with Crippen LogP contribution < -0.4 is 0 Å². The zero-order chi connectivity index (χ0) is 10.4. The first-order chi connectivity index (χ1) is 6.72. The largest absolute Gasteiger partial charge is 0.462 e. The molecule has 0 radical (unpaired) electrons. The van der Waals surface area contributed by atoms with Crippen LogP contribution in [-0.2, 0) is 16.0 Å². The zero-order valence-electron chi connectivity index (χ0n) is 8.69. The minimum Gasteiger partial charge on any atom is -0.462 e. The van der Waals surface area contributed by atoms with Crippen molar-refractivity contribution in [2.45, 2.75) is 32.8 Å². The molecular weight excluding hydrogens is 176 g/mol. The van der Waals surface area contributed by atoms with Crippen molar-refractivity contribution in [3.05, 3.63) is 35.9 Å². The maximum Gasteiger partial charge on any atom is 0.305 e. The van der Waals surface area contributed by atoms with Gasteiger partial charge in [0, 0.05) is 12.8 Å². The number of benzene rings is 1. The van der Waals surface area contributed by atoms with E-state index in [2.05, 4.69) is 0 Å². The van der Waals surface area contributed by atoms with E-state index >= 15 is 0 Å². The Bertz CT molecular complexity index is 280. The van der Waals surface area contributed by atoms with Gasteiger partial charge >= 0.3 is 5.97 Å². The van der Waals surface area contributed by atoms with E-state index in [1.54, 1.807) is 6.92 Å². The fourth-order valence-corrected chi connectivity index (χ4v) is 1.30. The molecule has 2 heteroatoms. The van der Waals surface area contributed by atoms with Crippen LogP contribution in [0.15, 0.2) is 30.3 Å². The molecule has 0 aromatic heterocycles. The van der Waals surface area contributed by atoms with Crippen LogP contribution in [0.1, 0.15) is 25.8 Å². The minimum atomic E-state index is -0.131. The molecule has 2 nitrogen and oxygen atoms in total. The lowest BCUT2D eigenvalue weighted by Gasteiger charge is -2.12. The van der Waals surface area contributed by atoms with Gasteiger partial charge < -0.3 is 4.74 Å². The fraction of sp³-hybridized carbons (Fsp3) is 0.417. The van der Waals surface area contributed by atoms with Crippen molar-refractivity contribution in [2.75, 3.05) is 0 Å². The Morgan fingerprint density at radius 3 is 2.57 bits per heavy atom. The normalized spacial score (nSPS) is 12.1. The summed E-state index contributed by atoms with van der Waals surface area (Å²) in [6.45, 7) is 3.72. The molecule has 0 saturated heterocycles. The Morgan fingerprint density at radius 1 is 1.36 bits per heavy atom. The SMILES string of the molecule is CCC(=O)O[C@H](C)Cc1ccccc1. The summed E-state index contributed by atoms with van der Waals surface area (Å²) in [6, 6.07) is 10.0. The van der Waals surface area contributed by atoms with E-state index in [0.717, 1.165) is 6.42 Å². The summed E-state index contributed by atoms with van der Waals surface area (Å²) in [5.74, 6) is -0.131. The van der Waals surface area contributed by atoms with E-state index in [4.69, 9.17) is 4.74 Å². The molecule has 1 aromatic carbocycles. The molecule has 0 aliphatic carbocycles. The highest BCUT2D eigenvalue weighted by atomic mass is 16.5. The van der Waals surface area contributed by atoms with Gasteiger partial charge in [-0.25, -0.2) is 0 Å². The Morgan fingerprint density at radius 2 is 2.00 bits per heavy atom. The maximum absolute atomic E-state index is 11.0. The highest BCUT2D eigenvalue weighted by molar-refractivity contribution is 5.69. The summed E-state index contributed by atoms with van der Waals surface area (Å²) >= 11 is 0. The molecule has 0 spiro atoms. The summed E-state index contributed by atoms with van der Waals surface area (Å²) in [4.78, 5) is 11.0. The number of carbonyl (C=O) groups excluding carboxylic acids is 1. The Kier molecular flexibility index (Phi) is 4.17. The molecule has 0 saturated carbocycles. The van der Waals surface area contributed by atoms with Crippen molar-refractivity contribution in [1.29, 1.82) is 0 Å². The lowest BCUT2D eigenvalue weighted by atomic mass is 10.1. The number of hydrogen-bond acceptors (Lipinski definition) is 2. The molecule has 0 fully saturated rings. The lowest BCUT2D eigenvalue weighted by Crippen LogP contribution is -2.16. The second kappa shape index (κ2) is 5.43. The summed E-state index contributed by atoms with van der Waals surface area (Å²) in [7, 11) is 0. The van der Waals surface area contributed by atoms with Crippen molar-refractivity contribution in [3.63, 3.8) is 0 Å². The Labute approximate surface area is 84.9 Å². The van der Waals surface area contributed by atoms with Crippen molar-refractivity contribution >= 4 is 5.97 Å². The summed E-state index contributed by atoms with van der Waals surface area (Å²) < 4.78 is 5.16. The van der Waals surface area contributed by atoms with Crippen LogP contribution in [-0.4, -0.2) is 12.1 Å². The van der Waals surface area contributed by atoms with Crippen LogP contribution in [0.2, 0.25) is 0 Å². The minimum absolute atomic E-state index is 0.0372. The molecule has 0 heterocycles. The Balaban J connectivity index is 2.41. The van der Waals surface area contributed by atoms with Crippen molar-refractivity contribution < 1.29 is 9.53 Å². The predicted octanol–water partition coefficient (Wildman–Crippen LogP) is 2.57. The van der Waals surface area contributed by atoms with Gasteiger partial charge in [0.05, 0.1) is 0 Å². The van der Waals surface area contributed by atoms with E-state index in [1.165, 1.54) is 5.56 Å². The van der Waals surface area contributed by atoms with Gasteiger partial charge in [-0.05, 0) is 12.5 Å². The molecule has 0 aliphatic rings. The number of hydrogen-bond donors (Lipinski definition) is 0. The summed E-state index contributed by atoms with van der Waals surface area (Å²) in [5.41, 5.74) is 1.20. The van der Waals surface area contributed by atoms with Crippen LogP contribution in [0, 0.1) is 0 Å². The molecule has 1 atom stereocenters. The fourth-order valence-electron chi connectivity index (χ4n) is 1.30. The van der Waals surface area contributed by atoms with Gasteiger partial charge in [0.25, 0.3) is 0 Å². The van der Waals surface area contributed by atoms with E-state index in [1.807, 2.05) is 37.3 Å². The molecule has 1 aromatic rings. The quantitative estimate of drug-likeness (QED) is 0.685. The van der Waals surface area contributed by atoms with Crippen LogP contribution in [0.4, 0.5) is 0 Å². The maximum atomic E-state index is 11.0. The smallest absolute Gasteiger partial charge is 0.305 e. The van der Waals surface area contributed by atoms with E-state index in [9.17, 15) is 4.79 Å². The molecule has 76 valence electrons. The molecule has 0 aliphatic heterocycles. The lowest BCUT2D eigenvalue weighted by molar-refractivity contribution is -0.147. The molecule has 1 rings (SSSR count). The number of ether oxygens (including phenoxy) is 1. The number of esters is 1. The van der Waals surface area contributed by atoms with Crippen molar-refractivity contribution in [2.24, 2.45) is 0 Å². The first-order valence-corrected chi connectivity index (χ1v) is 4.95. The number of rotatable bonds is 4. The first-order valence-electron chi connectivity index (χ1n) is 4.95. The zero-order valence-corrected chi connectivity index (χ0v) is 8.69. The Hall–Kier alpha value is -1.31. The molecule has 14 heavy (non-hydrogen) atoms. The highest BCUT2D eigenvalue weighted by Gasteiger charge is 2.07. The standard InChI is InChI=1S/C12H16O2/c1-3-12(13)14-10(2)9-11-7-5-4-6-8-11/h4-8,10H,3,9H2,1-2H3/t10-/m1/s1. The van der Waals surface area contributed by atoms with Crippen LogP contribution in [0.25, 0.3) is 0 Å². The van der Waals surface area contributed by atoms with Crippen molar-refractivity contribution in [3.8, 4) is 0 Å². The van der Waals surface area contributed by atoms with Gasteiger partial charge in [-0.1, -0.05) is 37.3 Å². The van der Waals surface area contributed by atoms with E-state index in [-0.39, 0.29) is 12.1 Å². The van der Waals surface area contributed by atoms with Gasteiger partial charge in [0.1, 0.15) is 6.10 Å². The average Bonchev–Trinajstić information content (AvgIpc) is 2.19. The van der Waals surface area contributed by atoms with Crippen molar-refractivity contribution in [1.82, 2.24) is 0 Å².